The van der Waals surface area contributed by atoms with Crippen molar-refractivity contribution in [3.8, 4) is 0 Å². The average molecular weight is 422 g/mol. The van der Waals surface area contributed by atoms with E-state index in [2.05, 4.69) is 31.3 Å². The van der Waals surface area contributed by atoms with Gasteiger partial charge in [0.25, 0.3) is 5.91 Å². The van der Waals surface area contributed by atoms with Crippen LogP contribution < -0.4 is 5.32 Å². The summed E-state index contributed by atoms with van der Waals surface area (Å²) in [5, 5.41) is 3.72. The molecule has 2 rings (SSSR count). The van der Waals surface area contributed by atoms with E-state index < -0.39 is 5.97 Å². The Bertz CT molecular complexity index is 819. The van der Waals surface area contributed by atoms with Gasteiger partial charge in [0.05, 0.1) is 12.5 Å². The highest BCUT2D eigenvalue weighted by molar-refractivity contribution is 6.35. The number of carbonyl (C=O) groups excluding carboxylic acids is 2. The lowest BCUT2D eigenvalue weighted by Gasteiger charge is -2.15. The molecule has 0 aliphatic rings. The topological polar surface area (TPSA) is 55.4 Å². The fourth-order valence-electron chi connectivity index (χ4n) is 2.80. The maximum Gasteiger partial charge on any atom is 0.310 e. The van der Waals surface area contributed by atoms with E-state index in [0.29, 0.717) is 21.5 Å². The molecule has 0 aliphatic heterocycles. The van der Waals surface area contributed by atoms with Crippen LogP contribution in [-0.4, -0.2) is 18.5 Å². The first-order valence-electron chi connectivity index (χ1n) is 9.22. The van der Waals surface area contributed by atoms with Gasteiger partial charge in [-0.05, 0) is 48.1 Å². The Morgan fingerprint density at radius 1 is 1.04 bits per heavy atom. The van der Waals surface area contributed by atoms with Gasteiger partial charge >= 0.3 is 5.97 Å². The van der Waals surface area contributed by atoms with Crippen molar-refractivity contribution in [1.82, 2.24) is 5.32 Å². The van der Waals surface area contributed by atoms with E-state index in [0.717, 1.165) is 12.0 Å². The van der Waals surface area contributed by atoms with Crippen LogP contribution in [0.2, 0.25) is 10.0 Å². The standard InChI is InChI=1S/C22H25Cl2NO3/c1-14(2)10-16-4-6-17(7-5-16)15(3)25-21(26)13-28-22(27)11-18-8-9-19(23)12-20(18)24/h4-9,12,14-15H,10-11,13H2,1-3H3,(H,25,26)/t15-/m0/s1. The van der Waals surface area contributed by atoms with Gasteiger partial charge in [-0.3, -0.25) is 9.59 Å². The van der Waals surface area contributed by atoms with Gasteiger partial charge in [0, 0.05) is 10.0 Å². The van der Waals surface area contributed by atoms with E-state index >= 15 is 0 Å². The molecule has 0 saturated heterocycles. The van der Waals surface area contributed by atoms with E-state index in [1.165, 1.54) is 5.56 Å². The van der Waals surface area contributed by atoms with Crippen LogP contribution in [0.3, 0.4) is 0 Å². The third kappa shape index (κ3) is 7.17. The van der Waals surface area contributed by atoms with Gasteiger partial charge in [0.1, 0.15) is 0 Å². The fourth-order valence-corrected chi connectivity index (χ4v) is 3.27. The minimum atomic E-state index is -0.523. The van der Waals surface area contributed by atoms with Crippen molar-refractivity contribution in [2.24, 2.45) is 5.92 Å². The summed E-state index contributed by atoms with van der Waals surface area (Å²) in [6.45, 7) is 5.92. The van der Waals surface area contributed by atoms with Crippen molar-refractivity contribution < 1.29 is 14.3 Å². The lowest BCUT2D eigenvalue weighted by molar-refractivity contribution is -0.148. The molecular formula is C22H25Cl2NO3. The second-order valence-corrected chi connectivity index (χ2v) is 8.05. The van der Waals surface area contributed by atoms with Gasteiger partial charge in [-0.25, -0.2) is 0 Å². The number of rotatable bonds is 8. The van der Waals surface area contributed by atoms with Crippen LogP contribution in [0.1, 0.15) is 43.5 Å². The Hall–Kier alpha value is -2.04. The Balaban J connectivity index is 1.80. The Labute approximate surface area is 176 Å². The van der Waals surface area contributed by atoms with E-state index in [1.807, 2.05) is 19.1 Å². The van der Waals surface area contributed by atoms with Crippen molar-refractivity contribution in [3.05, 3.63) is 69.2 Å². The molecule has 150 valence electrons. The first-order chi connectivity index (χ1) is 13.2. The highest BCUT2D eigenvalue weighted by Crippen LogP contribution is 2.21. The van der Waals surface area contributed by atoms with E-state index in [-0.39, 0.29) is 25.0 Å². The fraction of sp³-hybridized carbons (Fsp3) is 0.364. The molecule has 0 unspecified atom stereocenters. The van der Waals surface area contributed by atoms with Crippen LogP contribution >= 0.6 is 23.2 Å². The number of nitrogens with one attached hydrogen (secondary N) is 1. The molecule has 0 heterocycles. The normalized spacial score (nSPS) is 11.9. The van der Waals surface area contributed by atoms with Crippen LogP contribution in [0, 0.1) is 5.92 Å². The minimum absolute atomic E-state index is 0.0177. The number of hydrogen-bond acceptors (Lipinski definition) is 3. The molecule has 0 saturated carbocycles. The molecule has 4 nitrogen and oxygen atoms in total. The smallest absolute Gasteiger partial charge is 0.310 e. The van der Waals surface area contributed by atoms with Gasteiger partial charge in [-0.15, -0.1) is 0 Å². The highest BCUT2D eigenvalue weighted by Gasteiger charge is 2.14. The minimum Gasteiger partial charge on any atom is -0.455 e. The Morgan fingerprint density at radius 3 is 2.32 bits per heavy atom. The number of esters is 1. The summed E-state index contributed by atoms with van der Waals surface area (Å²) in [4.78, 5) is 24.0. The molecule has 2 aromatic carbocycles. The summed E-state index contributed by atoms with van der Waals surface area (Å²) < 4.78 is 5.05. The SMILES string of the molecule is CC(C)Cc1ccc([C@H](C)NC(=O)COC(=O)Cc2ccc(Cl)cc2Cl)cc1. The van der Waals surface area contributed by atoms with Crippen LogP contribution in [0.25, 0.3) is 0 Å². The van der Waals surface area contributed by atoms with Crippen LogP contribution in [-0.2, 0) is 27.2 Å². The third-order valence-electron chi connectivity index (χ3n) is 4.22. The highest BCUT2D eigenvalue weighted by atomic mass is 35.5. The average Bonchev–Trinajstić information content (AvgIpc) is 2.62. The maximum atomic E-state index is 12.1. The molecule has 6 heteroatoms. The number of benzene rings is 2. The Morgan fingerprint density at radius 2 is 1.71 bits per heavy atom. The summed E-state index contributed by atoms with van der Waals surface area (Å²) in [5.41, 5.74) is 2.87. The van der Waals surface area contributed by atoms with Gasteiger partial charge in [0.15, 0.2) is 6.61 Å². The van der Waals surface area contributed by atoms with Gasteiger partial charge in [0.2, 0.25) is 0 Å². The number of ether oxygens (including phenoxy) is 1. The number of hydrogen-bond donors (Lipinski definition) is 1. The molecule has 28 heavy (non-hydrogen) atoms. The predicted octanol–water partition coefficient (Wildman–Crippen LogP) is 5.16. The van der Waals surface area contributed by atoms with Crippen LogP contribution in [0.15, 0.2) is 42.5 Å². The zero-order valence-corrected chi connectivity index (χ0v) is 17.8. The number of carbonyl (C=O) groups is 2. The summed E-state index contributed by atoms with van der Waals surface area (Å²) in [6.07, 6.45) is 1.00. The van der Waals surface area contributed by atoms with E-state index in [9.17, 15) is 9.59 Å². The molecule has 1 atom stereocenters. The van der Waals surface area contributed by atoms with Crippen molar-refractivity contribution >= 4 is 35.1 Å². The molecule has 0 aliphatic carbocycles. The summed E-state index contributed by atoms with van der Waals surface area (Å²) in [5.74, 6) is -0.278. The first-order valence-corrected chi connectivity index (χ1v) is 9.98. The number of amides is 1. The summed E-state index contributed by atoms with van der Waals surface area (Å²) >= 11 is 11.9. The summed E-state index contributed by atoms with van der Waals surface area (Å²) in [7, 11) is 0. The molecule has 0 radical (unpaired) electrons. The van der Waals surface area contributed by atoms with Crippen molar-refractivity contribution in [3.63, 3.8) is 0 Å². The van der Waals surface area contributed by atoms with Crippen molar-refractivity contribution in [2.75, 3.05) is 6.61 Å². The van der Waals surface area contributed by atoms with Crippen molar-refractivity contribution in [2.45, 2.75) is 39.7 Å². The molecule has 1 N–H and O–H groups in total. The quantitative estimate of drug-likeness (QED) is 0.599. The zero-order chi connectivity index (χ0) is 20.7. The molecule has 0 spiro atoms. The van der Waals surface area contributed by atoms with Gasteiger partial charge in [-0.1, -0.05) is 67.4 Å². The molecule has 2 aromatic rings. The molecule has 1 amide bonds. The first kappa shape index (κ1) is 22.3. The van der Waals surface area contributed by atoms with Gasteiger partial charge < -0.3 is 10.1 Å². The maximum absolute atomic E-state index is 12.1. The molecular weight excluding hydrogens is 397 g/mol. The second kappa shape index (κ2) is 10.5. The van der Waals surface area contributed by atoms with Gasteiger partial charge in [-0.2, -0.15) is 0 Å². The summed E-state index contributed by atoms with van der Waals surface area (Å²) in [6, 6.07) is 12.9. The molecule has 0 bridgehead atoms. The van der Waals surface area contributed by atoms with E-state index in [4.69, 9.17) is 27.9 Å². The van der Waals surface area contributed by atoms with Crippen LogP contribution in [0.5, 0.6) is 0 Å². The zero-order valence-electron chi connectivity index (χ0n) is 16.3. The molecule has 0 fully saturated rings. The lowest BCUT2D eigenvalue weighted by Crippen LogP contribution is -2.31. The van der Waals surface area contributed by atoms with Crippen LogP contribution in [0.4, 0.5) is 0 Å². The number of halogens is 2. The Kier molecular flexibility index (Phi) is 8.34. The largest absolute Gasteiger partial charge is 0.455 e. The van der Waals surface area contributed by atoms with E-state index in [1.54, 1.807) is 18.2 Å². The lowest BCUT2D eigenvalue weighted by atomic mass is 10.00. The van der Waals surface area contributed by atoms with Crippen molar-refractivity contribution in [1.29, 1.82) is 0 Å². The molecule has 0 aromatic heterocycles. The third-order valence-corrected chi connectivity index (χ3v) is 4.80. The predicted molar refractivity (Wildman–Crippen MR) is 113 cm³/mol. The monoisotopic (exact) mass is 421 g/mol. The second-order valence-electron chi connectivity index (χ2n) is 7.20.